The Kier molecular flexibility index (Phi) is 5.28. The van der Waals surface area contributed by atoms with Gasteiger partial charge in [0.25, 0.3) is 0 Å². The summed E-state index contributed by atoms with van der Waals surface area (Å²) in [5, 5.41) is 0. The zero-order chi connectivity index (χ0) is 12.8. The molecule has 1 amide bonds. The van der Waals surface area contributed by atoms with Crippen molar-refractivity contribution in [3.8, 4) is 0 Å². The summed E-state index contributed by atoms with van der Waals surface area (Å²) in [5.41, 5.74) is 6.21. The molecule has 0 radical (unpaired) electrons. The van der Waals surface area contributed by atoms with Crippen LogP contribution in [0.5, 0.6) is 0 Å². The second-order valence-corrected chi connectivity index (χ2v) is 4.55. The van der Waals surface area contributed by atoms with E-state index in [9.17, 15) is 9.18 Å². The number of nitrogens with two attached hydrogens (primary N) is 1. The smallest absolute Gasteiger partial charge is 0.232 e. The van der Waals surface area contributed by atoms with Gasteiger partial charge in [0.1, 0.15) is 5.82 Å². The third kappa shape index (κ3) is 3.93. The van der Waals surface area contributed by atoms with Crippen molar-refractivity contribution in [2.45, 2.75) is 18.7 Å². The number of rotatable bonds is 5. The van der Waals surface area contributed by atoms with Crippen LogP contribution in [-0.4, -0.2) is 29.6 Å². The second kappa shape index (κ2) is 6.49. The topological polar surface area (TPSA) is 46.3 Å². The van der Waals surface area contributed by atoms with Gasteiger partial charge in [0.2, 0.25) is 5.91 Å². The van der Waals surface area contributed by atoms with Crippen molar-refractivity contribution in [1.82, 2.24) is 4.90 Å². The first-order valence-corrected chi connectivity index (χ1v) is 6.52. The minimum atomic E-state index is -0.336. The highest BCUT2D eigenvalue weighted by Gasteiger charge is 2.11. The Balaban J connectivity index is 2.61. The maximum atomic E-state index is 13.0. The maximum Gasteiger partial charge on any atom is 0.232 e. The van der Waals surface area contributed by atoms with Gasteiger partial charge in [-0.25, -0.2) is 4.39 Å². The summed E-state index contributed by atoms with van der Waals surface area (Å²) in [4.78, 5) is 14.1. The monoisotopic (exact) mass is 256 g/mol. The summed E-state index contributed by atoms with van der Waals surface area (Å²) in [5.74, 6) is -0.00403. The van der Waals surface area contributed by atoms with E-state index in [0.29, 0.717) is 23.7 Å². The molecule has 2 N–H and O–H groups in total. The van der Waals surface area contributed by atoms with E-state index in [1.165, 1.54) is 30.0 Å². The van der Waals surface area contributed by atoms with E-state index in [4.69, 9.17) is 5.73 Å². The summed E-state index contributed by atoms with van der Waals surface area (Å²) in [7, 11) is 0. The van der Waals surface area contributed by atoms with E-state index in [0.717, 1.165) is 0 Å². The van der Waals surface area contributed by atoms with Crippen molar-refractivity contribution < 1.29 is 9.18 Å². The third-order valence-corrected chi connectivity index (χ3v) is 3.50. The largest absolute Gasteiger partial charge is 0.398 e. The molecular formula is C12H17FN2OS. The number of thioether (sulfide) groups is 1. The molecule has 0 heterocycles. The number of carbonyl (C=O) groups excluding carboxylic acids is 1. The van der Waals surface area contributed by atoms with Crippen LogP contribution in [0.25, 0.3) is 0 Å². The number of hydrogen-bond acceptors (Lipinski definition) is 3. The highest BCUT2D eigenvalue weighted by atomic mass is 32.2. The number of amides is 1. The summed E-state index contributed by atoms with van der Waals surface area (Å²) in [6.07, 6.45) is 0. The van der Waals surface area contributed by atoms with Crippen LogP contribution in [0, 0.1) is 5.82 Å². The van der Waals surface area contributed by atoms with Crippen LogP contribution in [0.15, 0.2) is 23.1 Å². The molecule has 0 bridgehead atoms. The quantitative estimate of drug-likeness (QED) is 0.650. The highest BCUT2D eigenvalue weighted by Crippen LogP contribution is 2.25. The zero-order valence-corrected chi connectivity index (χ0v) is 10.9. The minimum absolute atomic E-state index is 0.0451. The van der Waals surface area contributed by atoms with Crippen molar-refractivity contribution in [3.05, 3.63) is 24.0 Å². The first-order chi connectivity index (χ1) is 8.08. The van der Waals surface area contributed by atoms with E-state index < -0.39 is 0 Å². The fraction of sp³-hybridized carbons (Fsp3) is 0.417. The van der Waals surface area contributed by atoms with Gasteiger partial charge in [-0.05, 0) is 32.0 Å². The van der Waals surface area contributed by atoms with Gasteiger partial charge in [0.05, 0.1) is 5.75 Å². The van der Waals surface area contributed by atoms with Gasteiger partial charge in [-0.3, -0.25) is 4.79 Å². The molecule has 5 heteroatoms. The molecule has 0 spiro atoms. The van der Waals surface area contributed by atoms with Crippen molar-refractivity contribution in [2.24, 2.45) is 0 Å². The molecule has 0 saturated heterocycles. The molecule has 3 nitrogen and oxygen atoms in total. The van der Waals surface area contributed by atoms with Crippen molar-refractivity contribution in [3.63, 3.8) is 0 Å². The highest BCUT2D eigenvalue weighted by molar-refractivity contribution is 8.00. The van der Waals surface area contributed by atoms with Gasteiger partial charge in [-0.2, -0.15) is 0 Å². The van der Waals surface area contributed by atoms with E-state index in [2.05, 4.69) is 0 Å². The van der Waals surface area contributed by atoms with Crippen LogP contribution in [0.3, 0.4) is 0 Å². The molecular weight excluding hydrogens is 239 g/mol. The Bertz CT molecular complexity index is 394. The molecule has 0 aliphatic rings. The number of nitrogens with zero attached hydrogens (tertiary/aromatic N) is 1. The average Bonchev–Trinajstić information content (AvgIpc) is 2.32. The summed E-state index contributed by atoms with van der Waals surface area (Å²) in [6, 6.07) is 4.18. The van der Waals surface area contributed by atoms with E-state index in [1.807, 2.05) is 13.8 Å². The maximum absolute atomic E-state index is 13.0. The Morgan fingerprint density at radius 2 is 2.06 bits per heavy atom. The van der Waals surface area contributed by atoms with E-state index >= 15 is 0 Å². The van der Waals surface area contributed by atoms with Crippen LogP contribution < -0.4 is 5.73 Å². The third-order valence-electron chi connectivity index (χ3n) is 2.44. The lowest BCUT2D eigenvalue weighted by Crippen LogP contribution is -2.31. The average molecular weight is 256 g/mol. The Labute approximate surface area is 105 Å². The Morgan fingerprint density at radius 1 is 1.41 bits per heavy atom. The van der Waals surface area contributed by atoms with Crippen LogP contribution in [0.4, 0.5) is 10.1 Å². The number of halogens is 1. The number of anilines is 1. The molecule has 0 aromatic heterocycles. The molecule has 1 aromatic carbocycles. The van der Waals surface area contributed by atoms with Crippen molar-refractivity contribution in [1.29, 1.82) is 0 Å². The van der Waals surface area contributed by atoms with Gasteiger partial charge in [0, 0.05) is 23.7 Å². The van der Waals surface area contributed by atoms with Gasteiger partial charge in [-0.1, -0.05) is 0 Å². The number of hydrogen-bond donors (Lipinski definition) is 1. The number of carbonyl (C=O) groups is 1. The predicted octanol–water partition coefficient (Wildman–Crippen LogP) is 2.37. The van der Waals surface area contributed by atoms with Gasteiger partial charge >= 0.3 is 0 Å². The lowest BCUT2D eigenvalue weighted by atomic mass is 10.3. The summed E-state index contributed by atoms with van der Waals surface area (Å²) < 4.78 is 13.0. The SMILES string of the molecule is CCN(CC)C(=O)CSc1cc(F)ccc1N. The lowest BCUT2D eigenvalue weighted by molar-refractivity contribution is -0.127. The molecule has 0 aliphatic heterocycles. The van der Waals surface area contributed by atoms with E-state index in [-0.39, 0.29) is 17.5 Å². The molecule has 0 aliphatic carbocycles. The molecule has 0 saturated carbocycles. The van der Waals surface area contributed by atoms with Crippen LogP contribution in [0.1, 0.15) is 13.8 Å². The summed E-state index contributed by atoms with van der Waals surface area (Å²) in [6.45, 7) is 5.24. The van der Waals surface area contributed by atoms with Crippen LogP contribution in [0.2, 0.25) is 0 Å². The second-order valence-electron chi connectivity index (χ2n) is 3.54. The summed E-state index contributed by atoms with van der Waals surface area (Å²) >= 11 is 1.27. The number of nitrogen functional groups attached to an aromatic ring is 1. The van der Waals surface area contributed by atoms with Crippen molar-refractivity contribution >= 4 is 23.4 Å². The molecule has 94 valence electrons. The lowest BCUT2D eigenvalue weighted by Gasteiger charge is -2.18. The van der Waals surface area contributed by atoms with Crippen molar-refractivity contribution in [2.75, 3.05) is 24.6 Å². The normalized spacial score (nSPS) is 10.3. The fourth-order valence-corrected chi connectivity index (χ4v) is 2.33. The van der Waals surface area contributed by atoms with Crippen LogP contribution >= 0.6 is 11.8 Å². The molecule has 17 heavy (non-hydrogen) atoms. The van der Waals surface area contributed by atoms with E-state index in [1.54, 1.807) is 4.90 Å². The molecule has 1 rings (SSSR count). The van der Waals surface area contributed by atoms with Gasteiger partial charge < -0.3 is 10.6 Å². The molecule has 1 aromatic rings. The van der Waals surface area contributed by atoms with Gasteiger partial charge in [-0.15, -0.1) is 11.8 Å². The molecule has 0 atom stereocenters. The van der Waals surface area contributed by atoms with Crippen LogP contribution in [-0.2, 0) is 4.79 Å². The predicted molar refractivity (Wildman–Crippen MR) is 69.5 cm³/mol. The Hall–Kier alpha value is -1.23. The first-order valence-electron chi connectivity index (χ1n) is 5.54. The first kappa shape index (κ1) is 13.8. The molecule has 0 fully saturated rings. The minimum Gasteiger partial charge on any atom is -0.398 e. The fourth-order valence-electron chi connectivity index (χ4n) is 1.44. The number of benzene rings is 1. The van der Waals surface area contributed by atoms with Gasteiger partial charge in [0.15, 0.2) is 0 Å². The zero-order valence-electron chi connectivity index (χ0n) is 10.1. The standard InChI is InChI=1S/C12H17FN2OS/c1-3-15(4-2)12(16)8-17-11-7-9(13)5-6-10(11)14/h5-7H,3-4,8,14H2,1-2H3. The Morgan fingerprint density at radius 3 is 2.65 bits per heavy atom. The molecule has 0 unspecified atom stereocenters.